The maximum absolute atomic E-state index is 11.8. The van der Waals surface area contributed by atoms with Crippen LogP contribution < -0.4 is 11.3 Å². The monoisotopic (exact) mass is 315 g/mol. The number of aromatic nitrogens is 2. The van der Waals surface area contributed by atoms with Gasteiger partial charge in [0.1, 0.15) is 17.8 Å². The van der Waals surface area contributed by atoms with E-state index in [1.807, 2.05) is 44.2 Å². The van der Waals surface area contributed by atoms with Crippen molar-refractivity contribution in [3.05, 3.63) is 46.9 Å². The van der Waals surface area contributed by atoms with Gasteiger partial charge in [0.15, 0.2) is 0 Å². The maximum Gasteiger partial charge on any atom is 0.277 e. The van der Waals surface area contributed by atoms with E-state index < -0.39 is 5.56 Å². The Bertz CT molecular complexity index is 662. The molecule has 5 nitrogen and oxygen atoms in total. The van der Waals surface area contributed by atoms with Gasteiger partial charge in [-0.3, -0.25) is 9.36 Å². The van der Waals surface area contributed by atoms with E-state index in [2.05, 4.69) is 11.9 Å². The molecule has 0 amide bonds. The molecule has 3 rings (SSSR count). The number of hydrogen-bond donors (Lipinski definition) is 1. The molecule has 0 unspecified atom stereocenters. The zero-order valence-corrected chi connectivity index (χ0v) is 14.0. The molecule has 1 heterocycles. The second kappa shape index (κ2) is 9.56. The summed E-state index contributed by atoms with van der Waals surface area (Å²) in [5.41, 5.74) is 5.89. The number of hydrogen-bond acceptors (Lipinski definition) is 4. The third-order valence-electron chi connectivity index (χ3n) is 3.23. The first-order chi connectivity index (χ1) is 11.1. The number of benzene rings is 1. The molecule has 0 bridgehead atoms. The molecule has 2 N–H and O–H groups in total. The lowest BCUT2D eigenvalue weighted by molar-refractivity contribution is -0.108. The summed E-state index contributed by atoms with van der Waals surface area (Å²) in [6, 6.07) is 9.17. The highest BCUT2D eigenvalue weighted by atomic mass is 16.1. The van der Waals surface area contributed by atoms with E-state index in [4.69, 9.17) is 5.73 Å². The summed E-state index contributed by atoms with van der Waals surface area (Å²) in [5.74, 6) is 1.52. The van der Waals surface area contributed by atoms with Crippen molar-refractivity contribution in [3.63, 3.8) is 0 Å². The maximum atomic E-state index is 11.8. The predicted octanol–water partition coefficient (Wildman–Crippen LogP) is 3.13. The lowest BCUT2D eigenvalue weighted by Crippen LogP contribution is -2.26. The van der Waals surface area contributed by atoms with Crippen LogP contribution in [0.25, 0.3) is 11.4 Å². The lowest BCUT2D eigenvalue weighted by Gasteiger charge is -2.09. The van der Waals surface area contributed by atoms with Crippen LogP contribution >= 0.6 is 0 Å². The van der Waals surface area contributed by atoms with Gasteiger partial charge in [-0.2, -0.15) is 0 Å². The highest BCUT2D eigenvalue weighted by Gasteiger charge is 2.12. The number of nitrogens with two attached hydrogens (primary N) is 1. The highest BCUT2D eigenvalue weighted by molar-refractivity contribution is 5.59. The molecular weight excluding hydrogens is 290 g/mol. The van der Waals surface area contributed by atoms with Crippen molar-refractivity contribution in [2.45, 2.75) is 40.2 Å². The topological polar surface area (TPSA) is 78.0 Å². The van der Waals surface area contributed by atoms with Gasteiger partial charge >= 0.3 is 0 Å². The molecular formula is C18H25N3O2. The quantitative estimate of drug-likeness (QED) is 0.883. The van der Waals surface area contributed by atoms with E-state index in [0.717, 1.165) is 11.5 Å². The molecule has 1 saturated carbocycles. The van der Waals surface area contributed by atoms with Crippen molar-refractivity contribution < 1.29 is 4.79 Å². The molecule has 1 aliphatic carbocycles. The van der Waals surface area contributed by atoms with Crippen LogP contribution in [0.1, 0.15) is 33.6 Å². The first-order valence-electron chi connectivity index (χ1n) is 7.98. The Morgan fingerprint density at radius 1 is 1.26 bits per heavy atom. The van der Waals surface area contributed by atoms with Crippen LogP contribution in [0, 0.1) is 5.92 Å². The minimum atomic E-state index is -0.397. The summed E-state index contributed by atoms with van der Waals surface area (Å²) in [4.78, 5) is 26.5. The molecule has 1 aromatic heterocycles. The highest BCUT2D eigenvalue weighted by Crippen LogP contribution is 2.26. The van der Waals surface area contributed by atoms with Crippen LogP contribution in [0.3, 0.4) is 0 Å². The fourth-order valence-corrected chi connectivity index (χ4v) is 1.74. The molecule has 124 valence electrons. The summed E-state index contributed by atoms with van der Waals surface area (Å²) < 4.78 is 1.26. The van der Waals surface area contributed by atoms with Gasteiger partial charge in [-0.25, -0.2) is 4.98 Å². The SMILES string of the molecule is CC.CC1CC1.Nc1cnc(-c2ccccc2)n(CC=O)c1=O. The Morgan fingerprint density at radius 3 is 2.30 bits per heavy atom. The average Bonchev–Trinajstić information content (AvgIpc) is 3.38. The van der Waals surface area contributed by atoms with Gasteiger partial charge in [0, 0.05) is 5.56 Å². The smallest absolute Gasteiger partial charge is 0.277 e. The van der Waals surface area contributed by atoms with Crippen LogP contribution in [-0.2, 0) is 11.3 Å². The fourth-order valence-electron chi connectivity index (χ4n) is 1.74. The summed E-state index contributed by atoms with van der Waals surface area (Å²) in [6.45, 7) is 6.22. The number of nitrogens with zero attached hydrogens (tertiary/aromatic N) is 2. The van der Waals surface area contributed by atoms with Crippen molar-refractivity contribution >= 4 is 12.0 Å². The Morgan fingerprint density at radius 2 is 1.83 bits per heavy atom. The number of aldehydes is 1. The second-order valence-electron chi connectivity index (χ2n) is 5.17. The zero-order valence-electron chi connectivity index (χ0n) is 14.0. The van der Waals surface area contributed by atoms with E-state index in [-0.39, 0.29) is 12.2 Å². The van der Waals surface area contributed by atoms with E-state index in [1.54, 1.807) is 0 Å². The summed E-state index contributed by atoms with van der Waals surface area (Å²) in [5, 5.41) is 0. The molecule has 0 spiro atoms. The van der Waals surface area contributed by atoms with Gasteiger partial charge in [-0.1, -0.05) is 63.9 Å². The minimum absolute atomic E-state index is 0.0338. The molecule has 1 aliphatic rings. The van der Waals surface area contributed by atoms with Gasteiger partial charge < -0.3 is 10.5 Å². The van der Waals surface area contributed by atoms with Crippen LogP contribution in [0.15, 0.2) is 41.3 Å². The molecule has 1 fully saturated rings. The van der Waals surface area contributed by atoms with E-state index in [1.165, 1.54) is 23.6 Å². The zero-order chi connectivity index (χ0) is 17.2. The van der Waals surface area contributed by atoms with Gasteiger partial charge in [0.2, 0.25) is 0 Å². The number of nitrogen functional groups attached to an aromatic ring is 1. The Labute approximate surface area is 137 Å². The first kappa shape index (κ1) is 18.6. The molecule has 2 aromatic rings. The Kier molecular flexibility index (Phi) is 7.74. The molecule has 0 aliphatic heterocycles. The van der Waals surface area contributed by atoms with Crippen molar-refractivity contribution in [2.75, 3.05) is 5.73 Å². The van der Waals surface area contributed by atoms with Crippen LogP contribution in [0.2, 0.25) is 0 Å². The largest absolute Gasteiger partial charge is 0.393 e. The summed E-state index contributed by atoms with van der Waals surface area (Å²) in [7, 11) is 0. The standard InChI is InChI=1S/C12H11N3O2.C4H8.C2H6/c13-10-8-14-11(9-4-2-1-3-5-9)15(6-7-16)12(10)17;1-4-2-3-4;1-2/h1-5,7-8H,6,13H2;4H,2-3H2,1H3;1-2H3. The fraction of sp³-hybridized carbons (Fsp3) is 0.389. The van der Waals surface area contributed by atoms with Gasteiger partial charge in [0.05, 0.1) is 12.7 Å². The molecule has 0 radical (unpaired) electrons. The molecule has 0 saturated heterocycles. The van der Waals surface area contributed by atoms with Crippen molar-refractivity contribution in [2.24, 2.45) is 5.92 Å². The van der Waals surface area contributed by atoms with Crippen molar-refractivity contribution in [1.29, 1.82) is 0 Å². The lowest BCUT2D eigenvalue weighted by atomic mass is 10.2. The Hall–Kier alpha value is -2.43. The number of rotatable bonds is 3. The van der Waals surface area contributed by atoms with E-state index in [0.29, 0.717) is 12.1 Å². The first-order valence-corrected chi connectivity index (χ1v) is 7.98. The van der Waals surface area contributed by atoms with Crippen molar-refractivity contribution in [3.8, 4) is 11.4 Å². The van der Waals surface area contributed by atoms with Gasteiger partial charge in [0.25, 0.3) is 5.56 Å². The van der Waals surface area contributed by atoms with E-state index >= 15 is 0 Å². The summed E-state index contributed by atoms with van der Waals surface area (Å²) in [6.07, 6.45) is 4.93. The molecule has 23 heavy (non-hydrogen) atoms. The van der Waals surface area contributed by atoms with Crippen LogP contribution in [0.4, 0.5) is 5.69 Å². The van der Waals surface area contributed by atoms with Gasteiger partial charge in [-0.15, -0.1) is 0 Å². The normalized spacial score (nSPS) is 12.3. The number of anilines is 1. The average molecular weight is 315 g/mol. The third-order valence-corrected chi connectivity index (χ3v) is 3.23. The second-order valence-corrected chi connectivity index (χ2v) is 5.17. The molecule has 0 atom stereocenters. The van der Waals surface area contributed by atoms with E-state index in [9.17, 15) is 9.59 Å². The molecule has 1 aromatic carbocycles. The number of carbonyl (C=O) groups excluding carboxylic acids is 1. The molecule has 5 heteroatoms. The Balaban J connectivity index is 0.000000375. The van der Waals surface area contributed by atoms with Crippen molar-refractivity contribution in [1.82, 2.24) is 9.55 Å². The number of carbonyl (C=O) groups is 1. The predicted molar refractivity (Wildman–Crippen MR) is 94.2 cm³/mol. The third kappa shape index (κ3) is 5.70. The minimum Gasteiger partial charge on any atom is -0.393 e. The van der Waals surface area contributed by atoms with Crippen LogP contribution in [-0.4, -0.2) is 15.8 Å². The van der Waals surface area contributed by atoms with Crippen LogP contribution in [0.5, 0.6) is 0 Å². The summed E-state index contributed by atoms with van der Waals surface area (Å²) >= 11 is 0. The van der Waals surface area contributed by atoms with Gasteiger partial charge in [-0.05, 0) is 5.92 Å².